The highest BCUT2D eigenvalue weighted by atomic mass is 35.5. The number of likely N-dealkylation sites (tertiary alicyclic amines) is 1. The van der Waals surface area contributed by atoms with E-state index in [4.69, 9.17) is 16.3 Å². The number of nitrogens with one attached hydrogen (secondary N) is 2. The van der Waals surface area contributed by atoms with Gasteiger partial charge in [-0.2, -0.15) is 0 Å². The van der Waals surface area contributed by atoms with Crippen molar-refractivity contribution in [2.75, 3.05) is 33.4 Å². The predicted octanol–water partition coefficient (Wildman–Crippen LogP) is 2.81. The summed E-state index contributed by atoms with van der Waals surface area (Å²) in [6.07, 6.45) is 1.23. The van der Waals surface area contributed by atoms with E-state index in [9.17, 15) is 14.4 Å². The van der Waals surface area contributed by atoms with Gasteiger partial charge in [0, 0.05) is 26.7 Å². The van der Waals surface area contributed by atoms with Crippen LogP contribution in [0.2, 0.25) is 5.02 Å². The first-order valence-corrected chi connectivity index (χ1v) is 11.4. The third-order valence-corrected chi connectivity index (χ3v) is 6.51. The van der Waals surface area contributed by atoms with Crippen molar-refractivity contribution in [3.8, 4) is 0 Å². The second-order valence-electron chi connectivity index (χ2n) is 7.32. The number of thiophene rings is 1. The second kappa shape index (κ2) is 11.3. The molecule has 0 radical (unpaired) electrons. The van der Waals surface area contributed by atoms with Crippen LogP contribution in [0.15, 0.2) is 41.8 Å². The number of ether oxygens (including phenoxy) is 1. The molecule has 0 saturated carbocycles. The maximum absolute atomic E-state index is 12.9. The molecule has 7 nitrogen and oxygen atoms in total. The lowest BCUT2D eigenvalue weighted by Gasteiger charge is -2.35. The van der Waals surface area contributed by atoms with Crippen LogP contribution >= 0.6 is 22.9 Å². The second-order valence-corrected chi connectivity index (χ2v) is 8.68. The average molecular weight is 464 g/mol. The number of methoxy groups -OCH3 is 1. The van der Waals surface area contributed by atoms with E-state index in [-0.39, 0.29) is 17.7 Å². The number of amides is 3. The number of hydrogen-bond donors (Lipinski definition) is 2. The van der Waals surface area contributed by atoms with Crippen LogP contribution in [0, 0.1) is 5.92 Å². The molecular formula is C22H26ClN3O4S. The number of carbonyl (C=O) groups excluding carboxylic acids is 3. The maximum atomic E-state index is 12.9. The molecule has 2 aromatic rings. The minimum atomic E-state index is -0.723. The van der Waals surface area contributed by atoms with Crippen LogP contribution in [0.4, 0.5) is 0 Å². The highest BCUT2D eigenvalue weighted by Gasteiger charge is 2.34. The van der Waals surface area contributed by atoms with E-state index < -0.39 is 11.9 Å². The van der Waals surface area contributed by atoms with Crippen molar-refractivity contribution in [3.05, 3.63) is 57.2 Å². The van der Waals surface area contributed by atoms with Crippen molar-refractivity contribution in [3.63, 3.8) is 0 Å². The molecule has 31 heavy (non-hydrogen) atoms. The smallest absolute Gasteiger partial charge is 0.263 e. The van der Waals surface area contributed by atoms with Gasteiger partial charge in [-0.1, -0.05) is 29.8 Å². The van der Waals surface area contributed by atoms with Gasteiger partial charge in [0.15, 0.2) is 0 Å². The quantitative estimate of drug-likeness (QED) is 0.589. The van der Waals surface area contributed by atoms with Crippen molar-refractivity contribution in [2.24, 2.45) is 5.92 Å². The van der Waals surface area contributed by atoms with E-state index in [0.29, 0.717) is 54.5 Å². The van der Waals surface area contributed by atoms with Crippen LogP contribution in [0.25, 0.3) is 0 Å². The van der Waals surface area contributed by atoms with Gasteiger partial charge in [0.25, 0.3) is 11.8 Å². The molecule has 1 saturated heterocycles. The first-order valence-electron chi connectivity index (χ1n) is 10.2. The fraction of sp³-hybridized carbons (Fsp3) is 0.409. The Balaban J connectivity index is 1.68. The fourth-order valence-electron chi connectivity index (χ4n) is 3.64. The van der Waals surface area contributed by atoms with Gasteiger partial charge in [-0.3, -0.25) is 14.4 Å². The summed E-state index contributed by atoms with van der Waals surface area (Å²) in [7, 11) is 1.56. The minimum Gasteiger partial charge on any atom is -0.383 e. The monoisotopic (exact) mass is 463 g/mol. The highest BCUT2D eigenvalue weighted by molar-refractivity contribution is 7.12. The maximum Gasteiger partial charge on any atom is 0.263 e. The molecule has 0 spiro atoms. The third-order valence-electron chi connectivity index (χ3n) is 5.32. The largest absolute Gasteiger partial charge is 0.383 e. The summed E-state index contributed by atoms with van der Waals surface area (Å²) < 4.78 is 5.00. The van der Waals surface area contributed by atoms with E-state index in [1.54, 1.807) is 36.3 Å². The average Bonchev–Trinajstić information content (AvgIpc) is 3.32. The lowest BCUT2D eigenvalue weighted by molar-refractivity contribution is -0.124. The molecule has 9 heteroatoms. The van der Waals surface area contributed by atoms with Gasteiger partial charge < -0.3 is 20.3 Å². The molecule has 0 bridgehead atoms. The zero-order valence-corrected chi connectivity index (χ0v) is 18.9. The van der Waals surface area contributed by atoms with Gasteiger partial charge in [-0.25, -0.2) is 0 Å². The molecule has 2 heterocycles. The topological polar surface area (TPSA) is 87.7 Å². The molecule has 1 aliphatic heterocycles. The van der Waals surface area contributed by atoms with Gasteiger partial charge in [-0.15, -0.1) is 11.3 Å². The predicted molar refractivity (Wildman–Crippen MR) is 121 cm³/mol. The summed E-state index contributed by atoms with van der Waals surface area (Å²) in [4.78, 5) is 40.8. The Kier molecular flexibility index (Phi) is 8.45. The number of benzene rings is 1. The summed E-state index contributed by atoms with van der Waals surface area (Å²) in [6, 6.07) is 9.68. The van der Waals surface area contributed by atoms with Crippen LogP contribution in [0.1, 0.15) is 32.9 Å². The first-order chi connectivity index (χ1) is 15.0. The lowest BCUT2D eigenvalue weighted by Crippen LogP contribution is -2.54. The fourth-order valence-corrected chi connectivity index (χ4v) is 4.55. The normalized spacial score (nSPS) is 15.4. The minimum absolute atomic E-state index is 0.00893. The van der Waals surface area contributed by atoms with Crippen molar-refractivity contribution >= 4 is 40.7 Å². The van der Waals surface area contributed by atoms with E-state index in [1.807, 2.05) is 17.5 Å². The van der Waals surface area contributed by atoms with Crippen molar-refractivity contribution in [1.82, 2.24) is 15.5 Å². The van der Waals surface area contributed by atoms with Gasteiger partial charge in [-0.05, 0) is 42.3 Å². The molecule has 3 amide bonds. The molecule has 1 aromatic carbocycles. The van der Waals surface area contributed by atoms with E-state index in [0.717, 1.165) is 0 Å². The van der Waals surface area contributed by atoms with Crippen LogP contribution in [0.5, 0.6) is 0 Å². The van der Waals surface area contributed by atoms with Crippen molar-refractivity contribution < 1.29 is 19.1 Å². The van der Waals surface area contributed by atoms with Gasteiger partial charge >= 0.3 is 0 Å². The van der Waals surface area contributed by atoms with Gasteiger partial charge in [0.05, 0.1) is 22.1 Å². The summed E-state index contributed by atoms with van der Waals surface area (Å²) in [6.45, 7) is 1.80. The van der Waals surface area contributed by atoms with Crippen molar-refractivity contribution in [1.29, 1.82) is 0 Å². The molecule has 0 aliphatic carbocycles. The van der Waals surface area contributed by atoms with E-state index in [2.05, 4.69) is 10.6 Å². The Morgan fingerprint density at radius 2 is 1.94 bits per heavy atom. The number of piperidine rings is 1. The SMILES string of the molecule is COCCNC(=O)[C@H](NC(=O)c1ccccc1Cl)C1CCN(C(=O)c2cccs2)CC1. The lowest BCUT2D eigenvalue weighted by atomic mass is 9.88. The van der Waals surface area contributed by atoms with Crippen LogP contribution in [0.3, 0.4) is 0 Å². The third kappa shape index (κ3) is 6.06. The summed E-state index contributed by atoms with van der Waals surface area (Å²) in [5.74, 6) is -0.744. The van der Waals surface area contributed by atoms with Crippen LogP contribution in [-0.4, -0.2) is 62.0 Å². The Hall–Kier alpha value is -2.42. The van der Waals surface area contributed by atoms with Gasteiger partial charge in [0.1, 0.15) is 6.04 Å². The Bertz CT molecular complexity index is 898. The summed E-state index contributed by atoms with van der Waals surface area (Å²) in [5, 5.41) is 7.89. The highest BCUT2D eigenvalue weighted by Crippen LogP contribution is 2.24. The number of hydrogen-bond acceptors (Lipinski definition) is 5. The zero-order valence-electron chi connectivity index (χ0n) is 17.3. The van der Waals surface area contributed by atoms with Crippen LogP contribution < -0.4 is 10.6 Å². The standard InChI is InChI=1S/C22H26ClN3O4S/c1-30-13-10-24-21(28)19(25-20(27)16-5-2-3-6-17(16)23)15-8-11-26(12-9-15)22(29)18-7-4-14-31-18/h2-7,14-15,19H,8-13H2,1H3,(H,24,28)(H,25,27)/t19-/m1/s1. The molecule has 0 unspecified atom stereocenters. The molecular weight excluding hydrogens is 438 g/mol. The van der Waals surface area contributed by atoms with Crippen LogP contribution in [-0.2, 0) is 9.53 Å². The number of rotatable bonds is 8. The molecule has 3 rings (SSSR count). The van der Waals surface area contributed by atoms with E-state index in [1.165, 1.54) is 11.3 Å². The molecule has 1 fully saturated rings. The Labute approximate surface area is 190 Å². The number of nitrogens with zero attached hydrogens (tertiary/aromatic N) is 1. The zero-order chi connectivity index (χ0) is 22.2. The summed E-state index contributed by atoms with van der Waals surface area (Å²) >= 11 is 7.57. The molecule has 1 aromatic heterocycles. The molecule has 2 N–H and O–H groups in total. The van der Waals surface area contributed by atoms with Gasteiger partial charge in [0.2, 0.25) is 5.91 Å². The van der Waals surface area contributed by atoms with Crippen molar-refractivity contribution in [2.45, 2.75) is 18.9 Å². The molecule has 1 atom stereocenters. The number of halogens is 1. The molecule has 166 valence electrons. The molecule has 1 aliphatic rings. The Morgan fingerprint density at radius 1 is 1.19 bits per heavy atom. The number of carbonyl (C=O) groups is 3. The Morgan fingerprint density at radius 3 is 2.58 bits per heavy atom. The van der Waals surface area contributed by atoms with E-state index >= 15 is 0 Å². The summed E-state index contributed by atoms with van der Waals surface area (Å²) in [5.41, 5.74) is 0.323. The first kappa shape index (κ1) is 23.2.